The number of alkyl halides is 1. The molecule has 12 nitrogen and oxygen atoms in total. The number of piperidine rings is 1. The van der Waals surface area contributed by atoms with Crippen molar-refractivity contribution in [2.45, 2.75) is 76.4 Å². The minimum absolute atomic E-state index is 0.00813. The summed E-state index contributed by atoms with van der Waals surface area (Å²) in [5.41, 5.74) is 2.37. The van der Waals surface area contributed by atoms with Crippen molar-refractivity contribution in [3.8, 4) is 22.8 Å². The Morgan fingerprint density at radius 3 is 2.53 bits per heavy atom. The molecule has 0 unspecified atom stereocenters. The van der Waals surface area contributed by atoms with E-state index in [9.17, 15) is 14.7 Å². The Balaban J connectivity index is 1.95. The first-order chi connectivity index (χ1) is 20.5. The maximum Gasteiger partial charge on any atom is 0.411 e. The lowest BCUT2D eigenvalue weighted by Gasteiger charge is -2.39. The number of esters is 1. The second-order valence-corrected chi connectivity index (χ2v) is 11.7. The van der Waals surface area contributed by atoms with Crippen LogP contribution in [0.3, 0.4) is 0 Å². The maximum absolute atomic E-state index is 13.1. The molecule has 2 N–H and O–H groups in total. The van der Waals surface area contributed by atoms with Gasteiger partial charge in [-0.05, 0) is 76.6 Å². The van der Waals surface area contributed by atoms with Crippen LogP contribution in [0.25, 0.3) is 11.3 Å². The van der Waals surface area contributed by atoms with Crippen molar-refractivity contribution in [1.29, 1.82) is 0 Å². The second-order valence-electron chi connectivity index (χ2n) is 11.1. The van der Waals surface area contributed by atoms with Crippen LogP contribution in [0.5, 0.6) is 11.5 Å². The predicted octanol–water partition coefficient (Wildman–Crippen LogP) is 4.70. The van der Waals surface area contributed by atoms with E-state index in [-0.39, 0.29) is 32.6 Å². The van der Waals surface area contributed by atoms with Gasteiger partial charge >= 0.3 is 12.1 Å². The number of anilines is 1. The van der Waals surface area contributed by atoms with E-state index in [1.165, 1.54) is 4.90 Å². The van der Waals surface area contributed by atoms with Crippen LogP contribution in [-0.2, 0) is 30.8 Å². The standard InChI is InChI=1S/C30H43BrN4O8/c1-7-41-28(37)23-11-10-21(17-35(23)29(38)43-30(2,3)4)32-25-14-19(9-8-12-36)27(34-33-25)26-20(16-31)13-22(40-6)15-24(26)42-18-39-5/h13-15,21,23,36H,7-12,16-18H2,1-6H3,(H,32,33)/t21-,23+/m1/s1. The number of aryl methyl sites for hydroxylation is 1. The van der Waals surface area contributed by atoms with E-state index in [0.29, 0.717) is 54.0 Å². The molecule has 3 rings (SSSR count). The number of benzene rings is 1. The number of hydrogen-bond donors (Lipinski definition) is 2. The van der Waals surface area contributed by atoms with Crippen LogP contribution in [0.2, 0.25) is 0 Å². The van der Waals surface area contributed by atoms with Gasteiger partial charge in [0.15, 0.2) is 6.79 Å². The third kappa shape index (κ3) is 9.41. The van der Waals surface area contributed by atoms with Crippen molar-refractivity contribution in [1.82, 2.24) is 15.1 Å². The van der Waals surface area contributed by atoms with Crippen molar-refractivity contribution >= 4 is 33.8 Å². The zero-order valence-electron chi connectivity index (χ0n) is 25.8. The van der Waals surface area contributed by atoms with E-state index < -0.39 is 23.7 Å². The van der Waals surface area contributed by atoms with Crippen LogP contribution in [0.1, 0.15) is 58.1 Å². The molecule has 1 aliphatic heterocycles. The fraction of sp³-hybridized carbons (Fsp3) is 0.600. The lowest BCUT2D eigenvalue weighted by atomic mass is 9.97. The van der Waals surface area contributed by atoms with Crippen molar-refractivity contribution in [3.05, 3.63) is 29.3 Å². The van der Waals surface area contributed by atoms with Gasteiger partial charge in [-0.3, -0.25) is 4.90 Å². The number of nitrogens with zero attached hydrogens (tertiary/aromatic N) is 3. The molecule has 1 aromatic heterocycles. The lowest BCUT2D eigenvalue weighted by molar-refractivity contribution is -0.150. The fourth-order valence-corrected chi connectivity index (χ4v) is 5.29. The molecule has 2 heterocycles. The summed E-state index contributed by atoms with van der Waals surface area (Å²) in [6, 6.07) is 4.63. The molecule has 0 bridgehead atoms. The third-order valence-corrected chi connectivity index (χ3v) is 7.31. The molecule has 1 fully saturated rings. The molecule has 43 heavy (non-hydrogen) atoms. The van der Waals surface area contributed by atoms with Gasteiger partial charge in [0.25, 0.3) is 0 Å². The Bertz CT molecular complexity index is 1240. The molecule has 1 aromatic carbocycles. The molecule has 238 valence electrons. The van der Waals surface area contributed by atoms with Gasteiger partial charge in [0.1, 0.15) is 34.7 Å². The van der Waals surface area contributed by atoms with Crippen molar-refractivity contribution in [2.24, 2.45) is 0 Å². The lowest BCUT2D eigenvalue weighted by Crippen LogP contribution is -2.55. The molecule has 0 aliphatic carbocycles. The van der Waals surface area contributed by atoms with E-state index in [0.717, 1.165) is 16.7 Å². The second kappa shape index (κ2) is 16.1. The average Bonchev–Trinajstić information content (AvgIpc) is 2.97. The van der Waals surface area contributed by atoms with E-state index in [1.807, 2.05) is 12.1 Å². The number of halogens is 1. The minimum Gasteiger partial charge on any atom is -0.497 e. The number of aromatic nitrogens is 2. The highest BCUT2D eigenvalue weighted by molar-refractivity contribution is 9.08. The number of hydrogen-bond acceptors (Lipinski definition) is 11. The molecule has 2 atom stereocenters. The molecule has 1 saturated heterocycles. The van der Waals surface area contributed by atoms with Gasteiger partial charge in [-0.25, -0.2) is 9.59 Å². The van der Waals surface area contributed by atoms with Gasteiger partial charge < -0.3 is 34.1 Å². The van der Waals surface area contributed by atoms with Crippen molar-refractivity contribution < 1.29 is 38.4 Å². The van der Waals surface area contributed by atoms with Gasteiger partial charge in [-0.15, -0.1) is 10.2 Å². The monoisotopic (exact) mass is 666 g/mol. The normalized spacial score (nSPS) is 16.9. The van der Waals surface area contributed by atoms with Crippen LogP contribution in [-0.4, -0.2) is 90.7 Å². The Morgan fingerprint density at radius 2 is 1.91 bits per heavy atom. The van der Waals surface area contributed by atoms with E-state index in [1.54, 1.807) is 48.0 Å². The largest absolute Gasteiger partial charge is 0.497 e. The summed E-state index contributed by atoms with van der Waals surface area (Å²) >= 11 is 3.57. The number of carbonyl (C=O) groups excluding carboxylic acids is 2. The number of likely N-dealkylation sites (tertiary alicyclic amines) is 1. The Labute approximate surface area is 261 Å². The van der Waals surface area contributed by atoms with Crippen molar-refractivity contribution in [3.63, 3.8) is 0 Å². The van der Waals surface area contributed by atoms with E-state index >= 15 is 0 Å². The highest BCUT2D eigenvalue weighted by Gasteiger charge is 2.39. The number of aliphatic hydroxyl groups excluding tert-OH is 1. The molecule has 0 saturated carbocycles. The van der Waals surface area contributed by atoms with Crippen LogP contribution in [0.4, 0.5) is 10.6 Å². The first kappa shape index (κ1) is 34.3. The molecule has 0 radical (unpaired) electrons. The smallest absolute Gasteiger partial charge is 0.411 e. The Kier molecular flexibility index (Phi) is 12.8. The molecular weight excluding hydrogens is 624 g/mol. The maximum atomic E-state index is 13.1. The summed E-state index contributed by atoms with van der Waals surface area (Å²) in [5.74, 6) is 1.21. The number of amides is 1. The number of rotatable bonds is 13. The summed E-state index contributed by atoms with van der Waals surface area (Å²) in [6.07, 6.45) is 1.47. The Morgan fingerprint density at radius 1 is 1.14 bits per heavy atom. The van der Waals surface area contributed by atoms with Crippen molar-refractivity contribution in [2.75, 3.05) is 46.1 Å². The topological polar surface area (TPSA) is 142 Å². The summed E-state index contributed by atoms with van der Waals surface area (Å²) in [6.45, 7) is 7.56. The van der Waals surface area contributed by atoms with E-state index in [2.05, 4.69) is 31.4 Å². The number of ether oxygens (including phenoxy) is 5. The number of nitrogens with one attached hydrogen (secondary N) is 1. The molecular formula is C30H43BrN4O8. The molecule has 1 amide bonds. The number of aliphatic hydroxyl groups is 1. The first-order valence-electron chi connectivity index (χ1n) is 14.3. The summed E-state index contributed by atoms with van der Waals surface area (Å²) in [5, 5.41) is 22.6. The summed E-state index contributed by atoms with van der Waals surface area (Å²) in [4.78, 5) is 27.2. The molecule has 1 aliphatic rings. The Hall–Kier alpha value is -3.16. The SMILES string of the molecule is CCOC(=O)[C@@H]1CC[C@@H](Nc2cc(CCCO)c(-c3c(CBr)cc(OC)cc3OCOC)nn2)CN1C(=O)OC(C)(C)C. The van der Waals surface area contributed by atoms with Gasteiger partial charge in [0, 0.05) is 43.3 Å². The molecule has 13 heteroatoms. The van der Waals surface area contributed by atoms with Crippen LogP contribution < -0.4 is 14.8 Å². The predicted molar refractivity (Wildman–Crippen MR) is 165 cm³/mol. The van der Waals surface area contributed by atoms with Crippen LogP contribution in [0.15, 0.2) is 18.2 Å². The first-order valence-corrected chi connectivity index (χ1v) is 15.5. The van der Waals surface area contributed by atoms with Gasteiger partial charge in [0.2, 0.25) is 0 Å². The zero-order chi connectivity index (χ0) is 31.6. The number of carbonyl (C=O) groups is 2. The minimum atomic E-state index is -0.732. The third-order valence-electron chi connectivity index (χ3n) is 6.70. The number of methoxy groups -OCH3 is 2. The van der Waals surface area contributed by atoms with Gasteiger partial charge in [-0.2, -0.15) is 0 Å². The van der Waals surface area contributed by atoms with Gasteiger partial charge in [-0.1, -0.05) is 15.9 Å². The van der Waals surface area contributed by atoms with Crippen LogP contribution >= 0.6 is 15.9 Å². The van der Waals surface area contributed by atoms with Gasteiger partial charge in [0.05, 0.1) is 13.7 Å². The highest BCUT2D eigenvalue weighted by Crippen LogP contribution is 2.39. The molecule has 2 aromatic rings. The van der Waals surface area contributed by atoms with E-state index in [4.69, 9.17) is 23.7 Å². The van der Waals surface area contributed by atoms with Crippen LogP contribution in [0, 0.1) is 0 Å². The summed E-state index contributed by atoms with van der Waals surface area (Å²) < 4.78 is 27.4. The zero-order valence-corrected chi connectivity index (χ0v) is 27.4. The fourth-order valence-electron chi connectivity index (χ4n) is 4.85. The highest BCUT2D eigenvalue weighted by atomic mass is 79.9. The quantitative estimate of drug-likeness (QED) is 0.175. The summed E-state index contributed by atoms with van der Waals surface area (Å²) in [7, 11) is 3.13. The average molecular weight is 668 g/mol. The molecule has 0 spiro atoms.